The van der Waals surface area contributed by atoms with E-state index in [4.69, 9.17) is 15.2 Å². The fraction of sp³-hybridized carbons (Fsp3) is 0.394. The first-order valence-electron chi connectivity index (χ1n) is 14.4. The van der Waals surface area contributed by atoms with Gasteiger partial charge in [0.1, 0.15) is 11.5 Å². The number of carbonyl (C=O) groups is 3. The highest BCUT2D eigenvalue weighted by atomic mass is 16.5. The van der Waals surface area contributed by atoms with Crippen molar-refractivity contribution >= 4 is 23.5 Å². The molecule has 4 saturated carbocycles. The molecule has 2 aromatic rings. The monoisotopic (exact) mass is 566 g/mol. The van der Waals surface area contributed by atoms with Gasteiger partial charge in [0.25, 0.3) is 5.91 Å². The molecular formula is C33H34N4O5. The quantitative estimate of drug-likeness (QED) is 0.498. The zero-order valence-corrected chi connectivity index (χ0v) is 23.7. The summed E-state index contributed by atoms with van der Waals surface area (Å²) in [6.07, 6.45) is 6.16. The van der Waals surface area contributed by atoms with Crippen molar-refractivity contribution in [2.75, 3.05) is 19.1 Å². The third-order valence-corrected chi connectivity index (χ3v) is 9.52. The maximum Gasteiger partial charge on any atom is 0.355 e. The van der Waals surface area contributed by atoms with E-state index in [0.717, 1.165) is 11.8 Å². The Hall–Kier alpha value is -4.58. The number of hydrogen-bond acceptors (Lipinski definition) is 8. The lowest BCUT2D eigenvalue weighted by Crippen LogP contribution is -2.55. The smallest absolute Gasteiger partial charge is 0.355 e. The molecule has 7 rings (SSSR count). The van der Waals surface area contributed by atoms with Crippen LogP contribution in [0.3, 0.4) is 0 Å². The van der Waals surface area contributed by atoms with Crippen LogP contribution in [0.25, 0.3) is 0 Å². The van der Waals surface area contributed by atoms with Crippen molar-refractivity contribution in [3.63, 3.8) is 0 Å². The molecule has 1 heterocycles. The first-order valence-corrected chi connectivity index (χ1v) is 14.4. The summed E-state index contributed by atoms with van der Waals surface area (Å²) in [4.78, 5) is 41.2. The second kappa shape index (κ2) is 11.0. The number of nitrogens with two attached hydrogens (primary N) is 1. The number of carbonyl (C=O) groups excluding carboxylic acids is 3. The molecule has 9 nitrogen and oxygen atoms in total. The van der Waals surface area contributed by atoms with Gasteiger partial charge in [0.05, 0.1) is 37.4 Å². The Morgan fingerprint density at radius 2 is 1.48 bits per heavy atom. The maximum absolute atomic E-state index is 13.3. The van der Waals surface area contributed by atoms with Crippen molar-refractivity contribution in [2.24, 2.45) is 29.4 Å². The number of amides is 1. The summed E-state index contributed by atoms with van der Waals surface area (Å²) in [7, 11) is 2.42. The van der Waals surface area contributed by atoms with Crippen LogP contribution in [0.4, 0.5) is 5.69 Å². The Morgan fingerprint density at radius 1 is 0.881 bits per heavy atom. The van der Waals surface area contributed by atoms with Crippen LogP contribution >= 0.6 is 0 Å². The molecule has 0 radical (unpaired) electrons. The summed E-state index contributed by atoms with van der Waals surface area (Å²) >= 11 is 0. The molecule has 5 aliphatic rings. The van der Waals surface area contributed by atoms with Crippen molar-refractivity contribution in [3.05, 3.63) is 88.4 Å². The average Bonchev–Trinajstić information content (AvgIpc) is 3.01. The van der Waals surface area contributed by atoms with Crippen LogP contribution in [0, 0.1) is 35.0 Å². The van der Waals surface area contributed by atoms with E-state index in [2.05, 4.69) is 11.4 Å². The summed E-state index contributed by atoms with van der Waals surface area (Å²) < 4.78 is 10.2. The second-order valence-electron chi connectivity index (χ2n) is 11.8. The van der Waals surface area contributed by atoms with Gasteiger partial charge in [0.15, 0.2) is 0 Å². The highest BCUT2D eigenvalue weighted by Crippen LogP contribution is 2.53. The first-order chi connectivity index (χ1) is 20.3. The number of nitrogens with one attached hydrogen (secondary N) is 1. The van der Waals surface area contributed by atoms with E-state index in [0.29, 0.717) is 28.7 Å². The van der Waals surface area contributed by atoms with Crippen molar-refractivity contribution in [2.45, 2.75) is 44.1 Å². The minimum absolute atomic E-state index is 0.0230. The lowest BCUT2D eigenvalue weighted by molar-refractivity contribution is -0.139. The number of allylic oxidation sites excluding steroid dienone is 1. The predicted molar refractivity (Wildman–Crippen MR) is 154 cm³/mol. The van der Waals surface area contributed by atoms with E-state index in [1.807, 2.05) is 0 Å². The van der Waals surface area contributed by atoms with E-state index >= 15 is 0 Å². The van der Waals surface area contributed by atoms with Crippen LogP contribution in [-0.4, -0.2) is 38.1 Å². The number of rotatable bonds is 6. The molecule has 0 saturated heterocycles. The van der Waals surface area contributed by atoms with E-state index in [1.54, 1.807) is 54.6 Å². The van der Waals surface area contributed by atoms with Crippen molar-refractivity contribution in [3.8, 4) is 6.07 Å². The highest BCUT2D eigenvalue weighted by Gasteiger charge is 2.49. The molecule has 9 heteroatoms. The van der Waals surface area contributed by atoms with Gasteiger partial charge in [0.2, 0.25) is 0 Å². The number of anilines is 1. The molecule has 1 amide bonds. The Labute approximate surface area is 245 Å². The van der Waals surface area contributed by atoms with Crippen LogP contribution in [0.5, 0.6) is 0 Å². The molecule has 1 atom stereocenters. The normalized spacial score (nSPS) is 27.9. The molecular weight excluding hydrogens is 532 g/mol. The fourth-order valence-electron chi connectivity index (χ4n) is 7.94. The van der Waals surface area contributed by atoms with Crippen molar-refractivity contribution in [1.82, 2.24) is 5.32 Å². The number of methoxy groups -OCH3 is 2. The molecule has 3 N–H and O–H groups in total. The van der Waals surface area contributed by atoms with Gasteiger partial charge in [0, 0.05) is 17.3 Å². The zero-order valence-electron chi connectivity index (χ0n) is 23.7. The largest absolute Gasteiger partial charge is 0.466 e. The van der Waals surface area contributed by atoms with Gasteiger partial charge >= 0.3 is 11.9 Å². The number of esters is 2. The third-order valence-electron chi connectivity index (χ3n) is 9.52. The molecule has 2 aromatic carbocycles. The Bertz CT molecular complexity index is 1490. The van der Waals surface area contributed by atoms with Crippen LogP contribution in [-0.2, 0) is 19.1 Å². The van der Waals surface area contributed by atoms with Gasteiger partial charge in [-0.15, -0.1) is 0 Å². The van der Waals surface area contributed by atoms with Gasteiger partial charge in [-0.3, -0.25) is 9.69 Å². The summed E-state index contributed by atoms with van der Waals surface area (Å²) in [6, 6.07) is 17.8. The third kappa shape index (κ3) is 4.61. The number of ether oxygens (including phenoxy) is 2. The summed E-state index contributed by atoms with van der Waals surface area (Å²) in [5.41, 5.74) is 7.90. The summed E-state index contributed by atoms with van der Waals surface area (Å²) in [5.74, 6) is 0.0151. The standard InChI is InChI=1S/C33H34N4O5/c1-41-32(39)27-26(20-6-4-3-5-7-20)25(17-34)30(35)37(29(27)33(40)42-2)24-10-8-21(9-11-24)31(38)36-28-22-13-18-12-19(15-22)16-23(28)14-18/h3-11,18-19,22-23,26,28H,12-16,35H2,1-2H3,(H,36,38). The predicted octanol–water partition coefficient (Wildman–Crippen LogP) is 4.14. The average molecular weight is 567 g/mol. The molecule has 0 aromatic heterocycles. The molecule has 4 fully saturated rings. The molecule has 42 heavy (non-hydrogen) atoms. The molecule has 4 aliphatic carbocycles. The van der Waals surface area contributed by atoms with Gasteiger partial charge < -0.3 is 20.5 Å². The van der Waals surface area contributed by atoms with E-state index < -0.39 is 17.9 Å². The topological polar surface area (TPSA) is 135 Å². The molecule has 1 aliphatic heterocycles. The van der Waals surface area contributed by atoms with Gasteiger partial charge in [-0.1, -0.05) is 30.3 Å². The lowest BCUT2D eigenvalue weighted by atomic mass is 9.54. The minimum atomic E-state index is -0.944. The van der Waals surface area contributed by atoms with Crippen LogP contribution < -0.4 is 16.0 Å². The number of nitrogens with zero attached hydrogens (tertiary/aromatic N) is 2. The molecule has 4 bridgehead atoms. The Kier molecular flexibility index (Phi) is 7.23. The van der Waals surface area contributed by atoms with E-state index in [-0.39, 0.29) is 34.6 Å². The highest BCUT2D eigenvalue weighted by molar-refractivity contribution is 6.06. The Morgan fingerprint density at radius 3 is 2.02 bits per heavy atom. The van der Waals surface area contributed by atoms with Crippen LogP contribution in [0.15, 0.2) is 77.3 Å². The van der Waals surface area contributed by atoms with E-state index in [9.17, 15) is 19.6 Å². The van der Waals surface area contributed by atoms with Crippen molar-refractivity contribution < 1.29 is 23.9 Å². The van der Waals surface area contributed by atoms with Crippen molar-refractivity contribution in [1.29, 1.82) is 5.26 Å². The zero-order chi connectivity index (χ0) is 29.5. The van der Waals surface area contributed by atoms with Gasteiger partial charge in [-0.05, 0) is 85.6 Å². The number of benzene rings is 2. The van der Waals surface area contributed by atoms with E-state index in [1.165, 1.54) is 51.2 Å². The lowest BCUT2D eigenvalue weighted by Gasteiger charge is -2.54. The van der Waals surface area contributed by atoms with Gasteiger partial charge in [-0.2, -0.15) is 5.26 Å². The van der Waals surface area contributed by atoms with Crippen LogP contribution in [0.2, 0.25) is 0 Å². The Balaban J connectivity index is 1.35. The minimum Gasteiger partial charge on any atom is -0.466 e. The summed E-state index contributed by atoms with van der Waals surface area (Å²) in [5, 5.41) is 13.5. The molecule has 216 valence electrons. The van der Waals surface area contributed by atoms with Gasteiger partial charge in [-0.25, -0.2) is 9.59 Å². The molecule has 1 unspecified atom stereocenters. The first kappa shape index (κ1) is 27.6. The maximum atomic E-state index is 13.3. The number of nitriles is 1. The fourth-order valence-corrected chi connectivity index (χ4v) is 7.94. The van der Waals surface area contributed by atoms with Crippen LogP contribution in [0.1, 0.15) is 53.9 Å². The number of hydrogen-bond donors (Lipinski definition) is 2. The second-order valence-corrected chi connectivity index (χ2v) is 11.8. The molecule has 0 spiro atoms. The SMILES string of the molecule is COC(=O)C1=C(C(=O)OC)N(c2ccc(C(=O)NC3C4CC5CC(C4)CC3C5)cc2)C(N)=C(C#N)C1c1ccccc1. The summed E-state index contributed by atoms with van der Waals surface area (Å²) in [6.45, 7) is 0.